The number of thiophene rings is 1. The summed E-state index contributed by atoms with van der Waals surface area (Å²) in [4.78, 5) is 0.438. The number of rotatable bonds is 5. The van der Waals surface area contributed by atoms with Crippen molar-refractivity contribution in [3.05, 3.63) is 52.2 Å². The van der Waals surface area contributed by atoms with E-state index in [1.807, 2.05) is 23.8 Å². The molecule has 0 aliphatic heterocycles. The third-order valence-electron chi connectivity index (χ3n) is 2.82. The fourth-order valence-electron chi connectivity index (χ4n) is 1.69. The van der Waals surface area contributed by atoms with Crippen LogP contribution in [0.3, 0.4) is 0 Å². The minimum Gasteiger partial charge on any atom is -0.389 e. The molecule has 1 aromatic carbocycles. The summed E-state index contributed by atoms with van der Waals surface area (Å²) in [6.45, 7) is 1.81. The molecule has 0 saturated carbocycles. The van der Waals surface area contributed by atoms with E-state index >= 15 is 0 Å². The quantitative estimate of drug-likeness (QED) is 0.828. The van der Waals surface area contributed by atoms with Crippen molar-refractivity contribution < 1.29 is 8.42 Å². The molecule has 0 amide bonds. The van der Waals surface area contributed by atoms with Crippen molar-refractivity contribution in [2.24, 2.45) is 5.73 Å². The van der Waals surface area contributed by atoms with Gasteiger partial charge >= 0.3 is 0 Å². The Labute approximate surface area is 127 Å². The molecule has 0 fully saturated rings. The third-order valence-corrected chi connectivity index (χ3v) is 5.32. The van der Waals surface area contributed by atoms with Crippen LogP contribution in [0.5, 0.6) is 0 Å². The molecule has 106 valence electrons. The zero-order valence-electron chi connectivity index (χ0n) is 10.7. The van der Waals surface area contributed by atoms with Gasteiger partial charge in [-0.2, -0.15) is 11.3 Å². The summed E-state index contributed by atoms with van der Waals surface area (Å²) in [5.41, 5.74) is 7.07. The van der Waals surface area contributed by atoms with Crippen LogP contribution in [0, 0.1) is 0 Å². The summed E-state index contributed by atoms with van der Waals surface area (Å²) in [7, 11) is -3.56. The van der Waals surface area contributed by atoms with Crippen molar-refractivity contribution in [2.45, 2.75) is 17.9 Å². The highest BCUT2D eigenvalue weighted by molar-refractivity contribution is 7.89. The minimum atomic E-state index is -3.56. The molecule has 1 aromatic heterocycles. The molecule has 0 spiro atoms. The number of nitrogens with two attached hydrogens (primary N) is 1. The molecule has 0 bridgehead atoms. The van der Waals surface area contributed by atoms with Gasteiger partial charge in [0.25, 0.3) is 0 Å². The van der Waals surface area contributed by atoms with E-state index in [1.54, 1.807) is 12.1 Å². The van der Waals surface area contributed by atoms with Crippen LogP contribution in [0.4, 0.5) is 0 Å². The zero-order valence-corrected chi connectivity index (χ0v) is 13.2. The van der Waals surface area contributed by atoms with E-state index in [-0.39, 0.29) is 15.9 Å². The average Bonchev–Trinajstić information content (AvgIpc) is 2.92. The average molecular weight is 326 g/mol. The predicted octanol–water partition coefficient (Wildman–Crippen LogP) is 2.42. The summed E-state index contributed by atoms with van der Waals surface area (Å²) < 4.78 is 27.1. The summed E-state index contributed by atoms with van der Waals surface area (Å²) >= 11 is 6.37. The molecule has 0 radical (unpaired) electrons. The Morgan fingerprint density at radius 1 is 1.30 bits per heavy atom. The summed E-state index contributed by atoms with van der Waals surface area (Å²) in [6.07, 6.45) is 0. The van der Waals surface area contributed by atoms with Gasteiger partial charge in [0.15, 0.2) is 0 Å². The van der Waals surface area contributed by atoms with Crippen LogP contribution in [-0.4, -0.2) is 13.4 Å². The smallest absolute Gasteiger partial charge is 0.241 e. The van der Waals surface area contributed by atoms with Gasteiger partial charge < -0.3 is 5.73 Å². The molecule has 4 nitrogen and oxygen atoms in total. The Kier molecular flexibility index (Phi) is 4.54. The molecule has 20 heavy (non-hydrogen) atoms. The van der Waals surface area contributed by atoms with Crippen molar-refractivity contribution >= 4 is 38.6 Å². The van der Waals surface area contributed by atoms with Crippen molar-refractivity contribution in [2.75, 3.05) is 0 Å². The van der Waals surface area contributed by atoms with Crippen LogP contribution in [0.25, 0.3) is 0 Å². The molecular formula is C13H14N2O2S3. The van der Waals surface area contributed by atoms with E-state index < -0.39 is 10.0 Å². The topological polar surface area (TPSA) is 72.2 Å². The van der Waals surface area contributed by atoms with Crippen LogP contribution < -0.4 is 10.5 Å². The van der Waals surface area contributed by atoms with E-state index in [0.717, 1.165) is 5.56 Å². The Balaban J connectivity index is 2.20. The molecule has 1 heterocycles. The van der Waals surface area contributed by atoms with Gasteiger partial charge in [-0.25, -0.2) is 13.1 Å². The van der Waals surface area contributed by atoms with Crippen LogP contribution >= 0.6 is 23.6 Å². The van der Waals surface area contributed by atoms with Crippen LogP contribution in [0.1, 0.15) is 24.1 Å². The number of nitrogens with one attached hydrogen (secondary N) is 1. The van der Waals surface area contributed by atoms with E-state index in [9.17, 15) is 8.42 Å². The van der Waals surface area contributed by atoms with Gasteiger partial charge in [-0.05, 0) is 41.4 Å². The minimum absolute atomic E-state index is 0.194. The van der Waals surface area contributed by atoms with Crippen LogP contribution in [0.2, 0.25) is 0 Å². The summed E-state index contributed by atoms with van der Waals surface area (Å²) in [5.74, 6) is 0. The lowest BCUT2D eigenvalue weighted by Crippen LogP contribution is -2.26. The molecule has 3 N–H and O–H groups in total. The number of sulfonamides is 1. The maximum Gasteiger partial charge on any atom is 0.241 e. The zero-order chi connectivity index (χ0) is 14.8. The van der Waals surface area contributed by atoms with E-state index in [2.05, 4.69) is 4.72 Å². The first-order chi connectivity index (χ1) is 9.40. The van der Waals surface area contributed by atoms with Crippen molar-refractivity contribution in [3.8, 4) is 0 Å². The third kappa shape index (κ3) is 3.43. The lowest BCUT2D eigenvalue weighted by molar-refractivity contribution is 0.567. The molecule has 0 aliphatic carbocycles. The van der Waals surface area contributed by atoms with Crippen molar-refractivity contribution in [1.29, 1.82) is 0 Å². The van der Waals surface area contributed by atoms with Crippen LogP contribution in [0.15, 0.2) is 46.0 Å². The monoisotopic (exact) mass is 326 g/mol. The van der Waals surface area contributed by atoms with Gasteiger partial charge in [-0.15, -0.1) is 0 Å². The van der Waals surface area contributed by atoms with E-state index in [4.69, 9.17) is 18.0 Å². The highest BCUT2D eigenvalue weighted by atomic mass is 32.2. The molecule has 2 rings (SSSR count). The first kappa shape index (κ1) is 15.1. The molecule has 0 aliphatic rings. The predicted molar refractivity (Wildman–Crippen MR) is 85.4 cm³/mol. The second kappa shape index (κ2) is 6.01. The molecular weight excluding hydrogens is 312 g/mol. The maximum absolute atomic E-state index is 12.2. The number of hydrogen-bond donors (Lipinski definition) is 2. The van der Waals surface area contributed by atoms with Gasteiger partial charge in [0.1, 0.15) is 4.99 Å². The van der Waals surface area contributed by atoms with Gasteiger partial charge in [-0.3, -0.25) is 0 Å². The van der Waals surface area contributed by atoms with Crippen molar-refractivity contribution in [3.63, 3.8) is 0 Å². The summed E-state index contributed by atoms with van der Waals surface area (Å²) in [6, 6.07) is 7.82. The molecule has 1 atom stereocenters. The number of benzene rings is 1. The lowest BCUT2D eigenvalue weighted by Gasteiger charge is -2.13. The second-order valence-electron chi connectivity index (χ2n) is 4.29. The highest BCUT2D eigenvalue weighted by Gasteiger charge is 2.18. The normalized spacial score (nSPS) is 13.1. The molecule has 0 saturated heterocycles. The number of thiocarbonyl (C=S) groups is 1. The van der Waals surface area contributed by atoms with Gasteiger partial charge in [0.05, 0.1) is 4.90 Å². The maximum atomic E-state index is 12.2. The highest BCUT2D eigenvalue weighted by Crippen LogP contribution is 2.19. The Bertz CT molecular complexity index is 692. The van der Waals surface area contributed by atoms with Gasteiger partial charge in [-0.1, -0.05) is 24.4 Å². The Hall–Kier alpha value is -1.28. The fraction of sp³-hybridized carbons (Fsp3) is 0.154. The second-order valence-corrected chi connectivity index (χ2v) is 7.22. The van der Waals surface area contributed by atoms with E-state index in [1.165, 1.54) is 23.5 Å². The molecule has 2 aromatic rings. The lowest BCUT2D eigenvalue weighted by atomic mass is 10.2. The largest absolute Gasteiger partial charge is 0.389 e. The van der Waals surface area contributed by atoms with Crippen LogP contribution in [-0.2, 0) is 10.0 Å². The fourth-order valence-corrected chi connectivity index (χ4v) is 3.81. The Morgan fingerprint density at radius 3 is 2.45 bits per heavy atom. The Morgan fingerprint density at radius 2 is 1.95 bits per heavy atom. The van der Waals surface area contributed by atoms with Gasteiger partial charge in [0, 0.05) is 11.6 Å². The standard InChI is InChI=1S/C13H14N2O2S3/c1-9(11-6-7-19-8-11)15-20(16,17)12-4-2-10(3-5-12)13(14)18/h2-9,15H,1H3,(H2,14,18). The van der Waals surface area contributed by atoms with E-state index in [0.29, 0.717) is 5.56 Å². The first-order valence-electron chi connectivity index (χ1n) is 5.84. The first-order valence-corrected chi connectivity index (χ1v) is 8.68. The molecule has 7 heteroatoms. The number of hydrogen-bond acceptors (Lipinski definition) is 4. The SMILES string of the molecule is CC(NS(=O)(=O)c1ccc(C(N)=S)cc1)c1ccsc1. The van der Waals surface area contributed by atoms with Crippen molar-refractivity contribution in [1.82, 2.24) is 4.72 Å². The molecule has 1 unspecified atom stereocenters. The van der Waals surface area contributed by atoms with Gasteiger partial charge in [0.2, 0.25) is 10.0 Å². The summed E-state index contributed by atoms with van der Waals surface area (Å²) in [5, 5.41) is 3.83.